The molecular formula is C13H17N3OS. The lowest BCUT2D eigenvalue weighted by atomic mass is 10.1. The minimum Gasteiger partial charge on any atom is -0.366 e. The Morgan fingerprint density at radius 3 is 3.11 bits per heavy atom. The molecule has 4 nitrogen and oxygen atoms in total. The zero-order chi connectivity index (χ0) is 12.5. The fraction of sp³-hybridized carbons (Fsp3) is 0.538. The number of pyridine rings is 1. The number of anilines is 1. The molecule has 5 heteroatoms. The zero-order valence-corrected chi connectivity index (χ0v) is 11.1. The van der Waals surface area contributed by atoms with E-state index >= 15 is 0 Å². The van der Waals surface area contributed by atoms with E-state index in [1.165, 1.54) is 11.3 Å². The molecule has 0 saturated carbocycles. The summed E-state index contributed by atoms with van der Waals surface area (Å²) < 4.78 is 0. The van der Waals surface area contributed by atoms with E-state index < -0.39 is 0 Å². The number of hydrogen-bond acceptors (Lipinski definition) is 4. The van der Waals surface area contributed by atoms with Crippen LogP contribution in [-0.2, 0) is 12.8 Å². The van der Waals surface area contributed by atoms with E-state index in [0.29, 0.717) is 17.4 Å². The molecule has 1 aliphatic carbocycles. The van der Waals surface area contributed by atoms with Crippen molar-refractivity contribution in [2.75, 3.05) is 16.8 Å². The van der Waals surface area contributed by atoms with Gasteiger partial charge in [0.15, 0.2) is 0 Å². The third-order valence-corrected chi connectivity index (χ3v) is 4.75. The molecule has 0 radical (unpaired) electrons. The SMILES string of the molecule is NC(=O)c1cc2c(nc1N[C@H]1CCSC1)CCC2. The van der Waals surface area contributed by atoms with E-state index in [-0.39, 0.29) is 5.91 Å². The molecular weight excluding hydrogens is 246 g/mol. The molecule has 1 aromatic rings. The number of nitrogens with one attached hydrogen (secondary N) is 1. The lowest BCUT2D eigenvalue weighted by molar-refractivity contribution is 0.100. The molecule has 96 valence electrons. The molecule has 18 heavy (non-hydrogen) atoms. The lowest BCUT2D eigenvalue weighted by Gasteiger charge is -2.15. The van der Waals surface area contributed by atoms with Gasteiger partial charge in [-0.1, -0.05) is 0 Å². The van der Waals surface area contributed by atoms with Gasteiger partial charge in [-0.25, -0.2) is 4.98 Å². The number of carbonyl (C=O) groups is 1. The van der Waals surface area contributed by atoms with Gasteiger partial charge in [0.2, 0.25) is 0 Å². The molecule has 0 unspecified atom stereocenters. The van der Waals surface area contributed by atoms with Crippen molar-refractivity contribution in [3.63, 3.8) is 0 Å². The Labute approximate surface area is 111 Å². The van der Waals surface area contributed by atoms with E-state index in [0.717, 1.165) is 37.1 Å². The van der Waals surface area contributed by atoms with Crippen molar-refractivity contribution in [3.05, 3.63) is 22.9 Å². The van der Waals surface area contributed by atoms with Crippen molar-refractivity contribution in [1.29, 1.82) is 0 Å². The number of primary amides is 1. The second-order valence-corrected chi connectivity index (χ2v) is 6.06. The highest BCUT2D eigenvalue weighted by atomic mass is 32.2. The molecule has 0 aromatic carbocycles. The van der Waals surface area contributed by atoms with Gasteiger partial charge in [-0.2, -0.15) is 11.8 Å². The summed E-state index contributed by atoms with van der Waals surface area (Å²) in [5.41, 5.74) is 8.33. The van der Waals surface area contributed by atoms with Crippen molar-refractivity contribution in [3.8, 4) is 0 Å². The molecule has 1 atom stereocenters. The van der Waals surface area contributed by atoms with Crippen LogP contribution in [0.2, 0.25) is 0 Å². The Balaban J connectivity index is 1.92. The Kier molecular flexibility index (Phi) is 3.16. The Hall–Kier alpha value is -1.23. The molecule has 1 amide bonds. The van der Waals surface area contributed by atoms with E-state index in [1.54, 1.807) is 0 Å². The number of rotatable bonds is 3. The summed E-state index contributed by atoms with van der Waals surface area (Å²) >= 11 is 1.93. The quantitative estimate of drug-likeness (QED) is 0.869. The van der Waals surface area contributed by atoms with E-state index in [4.69, 9.17) is 5.73 Å². The van der Waals surface area contributed by atoms with Gasteiger partial charge in [-0.3, -0.25) is 4.79 Å². The fourth-order valence-corrected chi connectivity index (χ4v) is 3.76. The van der Waals surface area contributed by atoms with Gasteiger partial charge in [0.05, 0.1) is 5.56 Å². The molecule has 1 aromatic heterocycles. The molecule has 1 fully saturated rings. The van der Waals surface area contributed by atoms with Crippen LogP contribution in [0.15, 0.2) is 6.07 Å². The maximum absolute atomic E-state index is 11.5. The highest BCUT2D eigenvalue weighted by molar-refractivity contribution is 7.99. The van der Waals surface area contributed by atoms with Crippen LogP contribution >= 0.6 is 11.8 Å². The molecule has 0 spiro atoms. The fourth-order valence-electron chi connectivity index (χ4n) is 2.61. The number of aryl methyl sites for hydroxylation is 2. The van der Waals surface area contributed by atoms with Gasteiger partial charge in [0, 0.05) is 17.5 Å². The van der Waals surface area contributed by atoms with Crippen LogP contribution in [0, 0.1) is 0 Å². The van der Waals surface area contributed by atoms with Gasteiger partial charge in [-0.15, -0.1) is 0 Å². The van der Waals surface area contributed by atoms with Gasteiger partial charge in [-0.05, 0) is 43.1 Å². The topological polar surface area (TPSA) is 68.0 Å². The molecule has 1 aliphatic heterocycles. The number of nitrogens with two attached hydrogens (primary N) is 1. The summed E-state index contributed by atoms with van der Waals surface area (Å²) in [5, 5.41) is 3.39. The largest absolute Gasteiger partial charge is 0.366 e. The van der Waals surface area contributed by atoms with E-state index in [2.05, 4.69) is 10.3 Å². The third-order valence-electron chi connectivity index (χ3n) is 3.59. The zero-order valence-electron chi connectivity index (χ0n) is 10.2. The van der Waals surface area contributed by atoms with Crippen molar-refractivity contribution < 1.29 is 4.79 Å². The third kappa shape index (κ3) is 2.19. The maximum atomic E-state index is 11.5. The van der Waals surface area contributed by atoms with E-state index in [1.807, 2.05) is 17.8 Å². The van der Waals surface area contributed by atoms with Gasteiger partial charge < -0.3 is 11.1 Å². The minimum atomic E-state index is -0.384. The molecule has 2 aliphatic rings. The number of nitrogens with zero attached hydrogens (tertiary/aromatic N) is 1. The molecule has 3 rings (SSSR count). The average Bonchev–Trinajstić information content (AvgIpc) is 2.97. The Bertz CT molecular complexity index is 483. The minimum absolute atomic E-state index is 0.384. The van der Waals surface area contributed by atoms with Crippen molar-refractivity contribution in [2.45, 2.75) is 31.7 Å². The lowest BCUT2D eigenvalue weighted by Crippen LogP contribution is -2.23. The number of amides is 1. The maximum Gasteiger partial charge on any atom is 0.252 e. The van der Waals surface area contributed by atoms with Crippen LogP contribution in [0.1, 0.15) is 34.5 Å². The highest BCUT2D eigenvalue weighted by Gasteiger charge is 2.22. The van der Waals surface area contributed by atoms with Crippen LogP contribution in [-0.4, -0.2) is 28.4 Å². The Morgan fingerprint density at radius 1 is 1.50 bits per heavy atom. The van der Waals surface area contributed by atoms with Crippen LogP contribution < -0.4 is 11.1 Å². The first-order valence-electron chi connectivity index (χ1n) is 6.41. The number of aromatic nitrogens is 1. The van der Waals surface area contributed by atoms with Crippen LogP contribution in [0.4, 0.5) is 5.82 Å². The van der Waals surface area contributed by atoms with Crippen molar-refractivity contribution in [1.82, 2.24) is 4.98 Å². The van der Waals surface area contributed by atoms with Crippen LogP contribution in [0.25, 0.3) is 0 Å². The van der Waals surface area contributed by atoms with Crippen LogP contribution in [0.5, 0.6) is 0 Å². The molecule has 1 saturated heterocycles. The summed E-state index contributed by atoms with van der Waals surface area (Å²) in [4.78, 5) is 16.1. The second kappa shape index (κ2) is 4.80. The Morgan fingerprint density at radius 2 is 2.39 bits per heavy atom. The van der Waals surface area contributed by atoms with Gasteiger partial charge in [0.1, 0.15) is 5.82 Å². The first kappa shape index (κ1) is 11.8. The summed E-state index contributed by atoms with van der Waals surface area (Å²) in [6.07, 6.45) is 4.29. The summed E-state index contributed by atoms with van der Waals surface area (Å²) in [5.74, 6) is 2.56. The molecule has 2 heterocycles. The average molecular weight is 263 g/mol. The summed E-state index contributed by atoms with van der Waals surface area (Å²) in [6.45, 7) is 0. The summed E-state index contributed by atoms with van der Waals surface area (Å²) in [7, 11) is 0. The number of thioether (sulfide) groups is 1. The smallest absolute Gasteiger partial charge is 0.252 e. The van der Waals surface area contributed by atoms with Gasteiger partial charge in [0.25, 0.3) is 5.91 Å². The number of hydrogen-bond donors (Lipinski definition) is 2. The molecule has 0 bridgehead atoms. The second-order valence-electron chi connectivity index (χ2n) is 4.91. The van der Waals surface area contributed by atoms with Gasteiger partial charge >= 0.3 is 0 Å². The standard InChI is InChI=1S/C13H17N3OS/c14-12(17)10-6-8-2-1-3-11(8)16-13(10)15-9-4-5-18-7-9/h6,9H,1-5,7H2,(H2,14,17)(H,15,16)/t9-/m0/s1. The number of fused-ring (bicyclic) bond motifs is 1. The monoisotopic (exact) mass is 263 g/mol. The van der Waals surface area contributed by atoms with Crippen molar-refractivity contribution in [2.24, 2.45) is 5.73 Å². The first-order valence-corrected chi connectivity index (χ1v) is 7.56. The molecule has 3 N–H and O–H groups in total. The predicted molar refractivity (Wildman–Crippen MR) is 74.1 cm³/mol. The summed E-state index contributed by atoms with van der Waals surface area (Å²) in [6, 6.07) is 2.35. The predicted octanol–water partition coefficient (Wildman–Crippen LogP) is 1.59. The number of carbonyl (C=O) groups excluding carboxylic acids is 1. The normalized spacial score (nSPS) is 21.9. The first-order chi connectivity index (χ1) is 8.74. The van der Waals surface area contributed by atoms with Crippen molar-refractivity contribution >= 4 is 23.5 Å². The van der Waals surface area contributed by atoms with E-state index in [9.17, 15) is 4.79 Å². The highest BCUT2D eigenvalue weighted by Crippen LogP contribution is 2.27. The van der Waals surface area contributed by atoms with Crippen LogP contribution in [0.3, 0.4) is 0 Å².